The molecule has 3 heterocycles. The highest BCUT2D eigenvalue weighted by Gasteiger charge is 2.30. The van der Waals surface area contributed by atoms with Gasteiger partial charge < -0.3 is 23.8 Å². The zero-order chi connectivity index (χ0) is 34.2. The van der Waals surface area contributed by atoms with Crippen LogP contribution >= 0.6 is 0 Å². The number of hydrogen-bond donors (Lipinski definition) is 0. The van der Waals surface area contributed by atoms with Gasteiger partial charge in [-0.3, -0.25) is 9.59 Å². The van der Waals surface area contributed by atoms with Crippen LogP contribution in [0.25, 0.3) is 16.7 Å². The Hall–Kier alpha value is -4.94. The molecule has 0 saturated carbocycles. The number of likely N-dealkylation sites (tertiary alicyclic amines) is 1. The van der Waals surface area contributed by atoms with E-state index in [-0.39, 0.29) is 23.5 Å². The normalized spacial score (nSPS) is 14.6. The van der Waals surface area contributed by atoms with Gasteiger partial charge >= 0.3 is 0 Å². The van der Waals surface area contributed by atoms with Crippen LogP contribution in [0.2, 0.25) is 0 Å². The molecular formula is C37H44N8O4. The van der Waals surface area contributed by atoms with E-state index in [9.17, 15) is 9.59 Å². The van der Waals surface area contributed by atoms with Crippen LogP contribution in [0.15, 0.2) is 79.1 Å². The van der Waals surface area contributed by atoms with Crippen LogP contribution in [0.1, 0.15) is 58.6 Å². The smallest absolute Gasteiger partial charge is 0.257 e. The number of tetrazole rings is 1. The van der Waals surface area contributed by atoms with Crippen molar-refractivity contribution in [2.75, 3.05) is 53.6 Å². The fourth-order valence-electron chi connectivity index (χ4n) is 6.72. The van der Waals surface area contributed by atoms with E-state index in [0.717, 1.165) is 49.9 Å². The van der Waals surface area contributed by atoms with E-state index in [1.807, 2.05) is 67.1 Å². The number of fused-ring (bicyclic) bond motifs is 1. The molecule has 0 spiro atoms. The second-order valence-corrected chi connectivity index (χ2v) is 12.5. The number of carbonyl (C=O) groups excluding carboxylic acids is 2. The summed E-state index contributed by atoms with van der Waals surface area (Å²) in [6.45, 7) is 6.84. The van der Waals surface area contributed by atoms with E-state index in [1.165, 1.54) is 16.6 Å². The molecule has 1 amide bonds. The van der Waals surface area contributed by atoms with E-state index < -0.39 is 0 Å². The Balaban J connectivity index is 1.10. The van der Waals surface area contributed by atoms with Crippen molar-refractivity contribution in [3.63, 3.8) is 0 Å². The summed E-state index contributed by atoms with van der Waals surface area (Å²) in [7, 11) is 3.39. The fourth-order valence-corrected chi connectivity index (χ4v) is 6.72. The quantitative estimate of drug-likeness (QED) is 0.114. The van der Waals surface area contributed by atoms with Crippen LogP contribution in [-0.4, -0.2) is 105 Å². The summed E-state index contributed by atoms with van der Waals surface area (Å²) in [5.74, 6) is 1.07. The fraction of sp³-hybridized carbons (Fsp3) is 0.405. The van der Waals surface area contributed by atoms with Gasteiger partial charge in [0, 0.05) is 38.6 Å². The lowest BCUT2D eigenvalue weighted by molar-refractivity contribution is 0.0776. The molecule has 1 atom stereocenters. The van der Waals surface area contributed by atoms with E-state index in [0.29, 0.717) is 49.1 Å². The van der Waals surface area contributed by atoms with Gasteiger partial charge in [-0.1, -0.05) is 42.5 Å². The van der Waals surface area contributed by atoms with Crippen molar-refractivity contribution in [1.82, 2.24) is 39.6 Å². The van der Waals surface area contributed by atoms with Gasteiger partial charge in [-0.2, -0.15) is 0 Å². The van der Waals surface area contributed by atoms with Crippen LogP contribution in [0.5, 0.6) is 5.75 Å². The van der Waals surface area contributed by atoms with Crippen LogP contribution in [-0.2, 0) is 11.3 Å². The predicted molar refractivity (Wildman–Crippen MR) is 186 cm³/mol. The first-order valence-electron chi connectivity index (χ1n) is 17.0. The van der Waals surface area contributed by atoms with Crippen molar-refractivity contribution >= 4 is 22.7 Å². The minimum absolute atomic E-state index is 0.0633. The average molecular weight is 665 g/mol. The molecule has 5 aromatic rings. The number of hydrogen-bond acceptors (Lipinski definition) is 9. The molecule has 0 bridgehead atoms. The monoisotopic (exact) mass is 664 g/mol. The molecule has 12 heteroatoms. The highest BCUT2D eigenvalue weighted by atomic mass is 16.5. The van der Waals surface area contributed by atoms with Gasteiger partial charge in [0.2, 0.25) is 5.78 Å². The SMILES string of the molecule is CCOCCn1c(C(=O)C2CCN(CCC(CN(C)C(=O)c3cc(-n4cnnn4)ccc3OC)c3ccccc3)CC2)nc2ccccc21. The third-order valence-corrected chi connectivity index (χ3v) is 9.43. The summed E-state index contributed by atoms with van der Waals surface area (Å²) in [5, 5.41) is 11.4. The molecule has 12 nitrogen and oxygen atoms in total. The Bertz CT molecular complexity index is 1830. The minimum atomic E-state index is -0.140. The number of nitrogens with zero attached hydrogens (tertiary/aromatic N) is 8. The van der Waals surface area contributed by atoms with Gasteiger partial charge in [-0.25, -0.2) is 9.67 Å². The number of likely N-dealkylation sites (N-methyl/N-ethyl adjacent to an activating group) is 1. The van der Waals surface area contributed by atoms with E-state index in [2.05, 4.69) is 32.6 Å². The van der Waals surface area contributed by atoms with Gasteiger partial charge in [-0.05, 0) is 92.1 Å². The number of carbonyl (C=O) groups is 2. The van der Waals surface area contributed by atoms with Crippen LogP contribution in [0.3, 0.4) is 0 Å². The lowest BCUT2D eigenvalue weighted by Crippen LogP contribution is -2.39. The predicted octanol–water partition coefficient (Wildman–Crippen LogP) is 4.90. The standard InChI is InChI=1S/C37H44N8O4/c1-4-49-23-22-44-33-13-9-8-12-32(33)39-36(44)35(46)28-16-19-43(20-17-28)21-18-29(27-10-6-5-7-11-27)25-42(2)37(47)31-24-30(14-15-34(31)48-3)45-26-38-40-41-45/h5-15,24,26,28-29H,4,16-23,25H2,1-3H3. The third-order valence-electron chi connectivity index (χ3n) is 9.43. The van der Waals surface area contributed by atoms with E-state index in [4.69, 9.17) is 14.5 Å². The Morgan fingerprint density at radius 2 is 1.78 bits per heavy atom. The van der Waals surface area contributed by atoms with Gasteiger partial charge in [0.05, 0.1) is 36.0 Å². The summed E-state index contributed by atoms with van der Waals surface area (Å²) in [6.07, 6.45) is 3.94. The number of aromatic nitrogens is 6. The average Bonchev–Trinajstić information content (AvgIpc) is 3.82. The third kappa shape index (κ3) is 7.87. The number of methoxy groups -OCH3 is 1. The van der Waals surface area contributed by atoms with Crippen molar-refractivity contribution in [2.45, 2.75) is 38.6 Å². The number of para-hydroxylation sites is 2. The summed E-state index contributed by atoms with van der Waals surface area (Å²) < 4.78 is 14.7. The molecule has 1 aliphatic rings. The lowest BCUT2D eigenvalue weighted by Gasteiger charge is -2.33. The number of Topliss-reactive ketones (excluding diaryl/α,β-unsaturated/α-hetero) is 1. The molecule has 2 aromatic heterocycles. The molecule has 3 aromatic carbocycles. The molecule has 0 radical (unpaired) electrons. The van der Waals surface area contributed by atoms with Crippen molar-refractivity contribution in [2.24, 2.45) is 5.92 Å². The van der Waals surface area contributed by atoms with Crippen LogP contribution in [0.4, 0.5) is 0 Å². The number of ether oxygens (including phenoxy) is 2. The first kappa shape index (κ1) is 33.9. The van der Waals surface area contributed by atoms with Gasteiger partial charge in [0.15, 0.2) is 5.82 Å². The van der Waals surface area contributed by atoms with Gasteiger partial charge in [-0.15, -0.1) is 5.10 Å². The number of piperidine rings is 1. The molecule has 256 valence electrons. The van der Waals surface area contributed by atoms with E-state index in [1.54, 1.807) is 24.1 Å². The Labute approximate surface area is 286 Å². The maximum atomic E-state index is 13.8. The van der Waals surface area contributed by atoms with E-state index >= 15 is 0 Å². The molecule has 1 saturated heterocycles. The first-order chi connectivity index (χ1) is 24.0. The van der Waals surface area contributed by atoms with Crippen molar-refractivity contribution in [1.29, 1.82) is 0 Å². The number of benzene rings is 3. The topological polar surface area (TPSA) is 120 Å². The number of ketones is 1. The summed E-state index contributed by atoms with van der Waals surface area (Å²) in [4.78, 5) is 36.6. The van der Waals surface area contributed by atoms with Crippen LogP contribution in [0, 0.1) is 5.92 Å². The molecule has 6 rings (SSSR count). The Kier molecular flexibility index (Phi) is 11.1. The Morgan fingerprint density at radius 3 is 2.51 bits per heavy atom. The second-order valence-electron chi connectivity index (χ2n) is 12.5. The molecule has 49 heavy (non-hydrogen) atoms. The van der Waals surface area contributed by atoms with Crippen LogP contribution < -0.4 is 4.74 Å². The molecule has 1 fully saturated rings. The molecule has 0 aliphatic carbocycles. The van der Waals surface area contributed by atoms with Crippen molar-refractivity contribution in [3.05, 3.63) is 96.1 Å². The van der Waals surface area contributed by atoms with Crippen molar-refractivity contribution in [3.8, 4) is 11.4 Å². The second kappa shape index (κ2) is 16.0. The molecular weight excluding hydrogens is 620 g/mol. The summed E-state index contributed by atoms with van der Waals surface area (Å²) in [6, 6.07) is 23.6. The van der Waals surface area contributed by atoms with Gasteiger partial charge in [0.1, 0.15) is 12.1 Å². The zero-order valence-corrected chi connectivity index (χ0v) is 28.4. The molecule has 1 unspecified atom stereocenters. The summed E-state index contributed by atoms with van der Waals surface area (Å²) in [5.41, 5.74) is 4.12. The highest BCUT2D eigenvalue weighted by molar-refractivity contribution is 5.98. The summed E-state index contributed by atoms with van der Waals surface area (Å²) >= 11 is 0. The molecule has 0 N–H and O–H groups in total. The maximum absolute atomic E-state index is 13.8. The number of imidazole rings is 1. The molecule has 1 aliphatic heterocycles. The minimum Gasteiger partial charge on any atom is -0.496 e. The number of rotatable bonds is 15. The number of amides is 1. The van der Waals surface area contributed by atoms with Gasteiger partial charge in [0.25, 0.3) is 5.91 Å². The first-order valence-corrected chi connectivity index (χ1v) is 17.0. The van der Waals surface area contributed by atoms with Crippen molar-refractivity contribution < 1.29 is 19.1 Å². The maximum Gasteiger partial charge on any atom is 0.257 e. The Morgan fingerprint density at radius 1 is 1.00 bits per heavy atom. The highest BCUT2D eigenvalue weighted by Crippen LogP contribution is 2.28. The lowest BCUT2D eigenvalue weighted by atomic mass is 9.90. The largest absolute Gasteiger partial charge is 0.496 e. The zero-order valence-electron chi connectivity index (χ0n) is 28.4.